The predicted molar refractivity (Wildman–Crippen MR) is 71.1 cm³/mol. The van der Waals surface area contributed by atoms with Gasteiger partial charge in [0.2, 0.25) is 0 Å². The van der Waals surface area contributed by atoms with Gasteiger partial charge in [-0.15, -0.1) is 0 Å². The summed E-state index contributed by atoms with van der Waals surface area (Å²) in [5, 5.41) is 0. The van der Waals surface area contributed by atoms with Crippen LogP contribution in [0.4, 0.5) is 4.79 Å². The highest BCUT2D eigenvalue weighted by atomic mass is 79.9. The molecule has 1 heterocycles. The predicted octanol–water partition coefficient (Wildman–Crippen LogP) is 2.99. The van der Waals surface area contributed by atoms with Crippen LogP contribution in [0.1, 0.15) is 27.2 Å². The number of nitrogens with zero attached hydrogens (tertiary/aromatic N) is 1. The topological polar surface area (TPSA) is 46.6 Å². The lowest BCUT2D eigenvalue weighted by Gasteiger charge is -2.23. The SMILES string of the molecule is CC(C)(C)OC(=O)N1CC2CC(Br)=CC=C2C1=O. The first-order valence-electron chi connectivity index (χ1n) is 5.89. The second kappa shape index (κ2) is 4.53. The molecule has 1 unspecified atom stereocenters. The lowest BCUT2D eigenvalue weighted by molar-refractivity contribution is -0.124. The van der Waals surface area contributed by atoms with Crippen molar-refractivity contribution < 1.29 is 14.3 Å². The minimum Gasteiger partial charge on any atom is -0.443 e. The van der Waals surface area contributed by atoms with Crippen molar-refractivity contribution in [2.75, 3.05) is 6.54 Å². The molecule has 98 valence electrons. The van der Waals surface area contributed by atoms with Crippen LogP contribution in [0.3, 0.4) is 0 Å². The van der Waals surface area contributed by atoms with Crippen LogP contribution in [0.15, 0.2) is 22.2 Å². The number of rotatable bonds is 0. The zero-order chi connectivity index (χ0) is 13.5. The van der Waals surface area contributed by atoms with Gasteiger partial charge in [0.25, 0.3) is 5.91 Å². The molecule has 0 aromatic carbocycles. The Labute approximate surface area is 115 Å². The minimum atomic E-state index is -0.585. The third kappa shape index (κ3) is 2.66. The summed E-state index contributed by atoms with van der Waals surface area (Å²) in [6.45, 7) is 5.77. The first-order valence-corrected chi connectivity index (χ1v) is 6.68. The highest BCUT2D eigenvalue weighted by molar-refractivity contribution is 9.11. The Hall–Kier alpha value is -1.10. The Balaban J connectivity index is 2.12. The van der Waals surface area contributed by atoms with Crippen molar-refractivity contribution in [1.29, 1.82) is 0 Å². The minimum absolute atomic E-state index is 0.0874. The molecule has 0 saturated carbocycles. The molecule has 2 aliphatic rings. The lowest BCUT2D eigenvalue weighted by Crippen LogP contribution is -2.37. The van der Waals surface area contributed by atoms with E-state index in [2.05, 4.69) is 15.9 Å². The third-order valence-electron chi connectivity index (χ3n) is 2.83. The van der Waals surface area contributed by atoms with Crippen LogP contribution in [-0.2, 0) is 9.53 Å². The van der Waals surface area contributed by atoms with Crippen molar-refractivity contribution in [3.05, 3.63) is 22.2 Å². The van der Waals surface area contributed by atoms with Crippen LogP contribution < -0.4 is 0 Å². The van der Waals surface area contributed by atoms with Crippen molar-refractivity contribution in [2.45, 2.75) is 32.8 Å². The van der Waals surface area contributed by atoms with Gasteiger partial charge in [-0.05, 0) is 31.7 Å². The van der Waals surface area contributed by atoms with E-state index >= 15 is 0 Å². The Morgan fingerprint density at radius 2 is 2.11 bits per heavy atom. The normalized spacial score (nSPS) is 23.4. The maximum absolute atomic E-state index is 12.1. The molecule has 1 fully saturated rings. The molecule has 0 N–H and O–H groups in total. The smallest absolute Gasteiger partial charge is 0.417 e. The van der Waals surface area contributed by atoms with Gasteiger partial charge in [-0.1, -0.05) is 28.1 Å². The summed E-state index contributed by atoms with van der Waals surface area (Å²) in [5.74, 6) is -0.144. The third-order valence-corrected chi connectivity index (χ3v) is 3.42. The van der Waals surface area contributed by atoms with Crippen LogP contribution in [0.5, 0.6) is 0 Å². The van der Waals surface area contributed by atoms with Crippen LogP contribution in [0.25, 0.3) is 0 Å². The van der Waals surface area contributed by atoms with E-state index in [1.807, 2.05) is 6.08 Å². The molecule has 1 atom stereocenters. The van der Waals surface area contributed by atoms with Crippen molar-refractivity contribution in [3.63, 3.8) is 0 Å². The molecule has 2 rings (SSSR count). The van der Waals surface area contributed by atoms with Gasteiger partial charge in [0.05, 0.1) is 0 Å². The van der Waals surface area contributed by atoms with Gasteiger partial charge in [-0.3, -0.25) is 4.79 Å². The van der Waals surface area contributed by atoms with E-state index in [9.17, 15) is 9.59 Å². The summed E-state index contributed by atoms with van der Waals surface area (Å²) >= 11 is 3.42. The van der Waals surface area contributed by atoms with Crippen LogP contribution in [0.2, 0.25) is 0 Å². The highest BCUT2D eigenvalue weighted by Gasteiger charge is 2.41. The van der Waals surface area contributed by atoms with Gasteiger partial charge in [-0.2, -0.15) is 0 Å². The molecule has 0 bridgehead atoms. The zero-order valence-electron chi connectivity index (χ0n) is 10.7. The fraction of sp³-hybridized carbons (Fsp3) is 0.538. The number of carbonyl (C=O) groups excluding carboxylic acids is 2. The van der Waals surface area contributed by atoms with Crippen molar-refractivity contribution in [1.82, 2.24) is 4.90 Å². The van der Waals surface area contributed by atoms with Crippen LogP contribution >= 0.6 is 15.9 Å². The standard InChI is InChI=1S/C13H16BrNO3/c1-13(2,3)18-12(17)15-7-8-6-9(14)4-5-10(8)11(15)16/h4-5,8H,6-7H2,1-3H3. The van der Waals surface area contributed by atoms with Crippen molar-refractivity contribution >= 4 is 27.9 Å². The quantitative estimate of drug-likeness (QED) is 0.690. The first-order chi connectivity index (χ1) is 8.28. The van der Waals surface area contributed by atoms with Gasteiger partial charge in [-0.25, -0.2) is 9.69 Å². The Morgan fingerprint density at radius 3 is 2.72 bits per heavy atom. The molecule has 0 radical (unpaired) electrons. The van der Waals surface area contributed by atoms with Crippen molar-refractivity contribution in [3.8, 4) is 0 Å². The fourth-order valence-electron chi connectivity index (χ4n) is 2.07. The number of hydrogen-bond donors (Lipinski definition) is 0. The van der Waals surface area contributed by atoms with E-state index in [1.165, 1.54) is 4.90 Å². The van der Waals surface area contributed by atoms with Crippen molar-refractivity contribution in [2.24, 2.45) is 5.92 Å². The summed E-state index contributed by atoms with van der Waals surface area (Å²) in [7, 11) is 0. The number of ether oxygens (including phenoxy) is 1. The van der Waals surface area contributed by atoms with Gasteiger partial charge in [0.15, 0.2) is 0 Å². The average Bonchev–Trinajstić information content (AvgIpc) is 2.53. The van der Waals surface area contributed by atoms with Gasteiger partial charge >= 0.3 is 6.09 Å². The fourth-order valence-corrected chi connectivity index (χ4v) is 2.60. The van der Waals surface area contributed by atoms with E-state index in [1.54, 1.807) is 26.8 Å². The highest BCUT2D eigenvalue weighted by Crippen LogP contribution is 2.35. The van der Waals surface area contributed by atoms with Gasteiger partial charge < -0.3 is 4.74 Å². The molecule has 1 saturated heterocycles. The molecular weight excluding hydrogens is 298 g/mol. The molecule has 4 nitrogen and oxygen atoms in total. The zero-order valence-corrected chi connectivity index (χ0v) is 12.3. The van der Waals surface area contributed by atoms with E-state index in [4.69, 9.17) is 4.74 Å². The number of likely N-dealkylation sites (tertiary alicyclic amines) is 1. The second-order valence-corrected chi connectivity index (χ2v) is 6.55. The molecule has 0 aromatic rings. The van der Waals surface area contributed by atoms with E-state index in [-0.39, 0.29) is 11.8 Å². The summed E-state index contributed by atoms with van der Waals surface area (Å²) in [4.78, 5) is 25.2. The number of carbonyl (C=O) groups is 2. The van der Waals surface area contributed by atoms with E-state index in [0.717, 1.165) is 10.9 Å². The Kier molecular flexibility index (Phi) is 3.36. The number of imide groups is 1. The monoisotopic (exact) mass is 313 g/mol. The second-order valence-electron chi connectivity index (χ2n) is 5.53. The summed E-state index contributed by atoms with van der Waals surface area (Å²) in [5.41, 5.74) is 0.113. The maximum Gasteiger partial charge on any atom is 0.417 e. The molecule has 1 aliphatic carbocycles. The molecule has 1 aliphatic heterocycles. The number of halogens is 1. The van der Waals surface area contributed by atoms with Crippen LogP contribution in [-0.4, -0.2) is 29.0 Å². The van der Waals surface area contributed by atoms with Gasteiger partial charge in [0, 0.05) is 18.0 Å². The molecule has 0 aromatic heterocycles. The van der Waals surface area contributed by atoms with E-state index < -0.39 is 11.7 Å². The largest absolute Gasteiger partial charge is 0.443 e. The molecular formula is C13H16BrNO3. The summed E-state index contributed by atoms with van der Waals surface area (Å²) in [6.07, 6.45) is 3.85. The molecule has 5 heteroatoms. The first kappa shape index (κ1) is 13.3. The molecule has 0 spiro atoms. The average molecular weight is 314 g/mol. The number of fused-ring (bicyclic) bond motifs is 1. The lowest BCUT2D eigenvalue weighted by atomic mass is 9.94. The van der Waals surface area contributed by atoms with Crippen LogP contribution in [0, 0.1) is 5.92 Å². The van der Waals surface area contributed by atoms with E-state index in [0.29, 0.717) is 12.1 Å². The maximum atomic E-state index is 12.1. The Morgan fingerprint density at radius 1 is 1.44 bits per heavy atom. The summed E-state index contributed by atoms with van der Waals surface area (Å²) < 4.78 is 6.29. The number of amides is 2. The summed E-state index contributed by atoms with van der Waals surface area (Å²) in [6, 6.07) is 0. The van der Waals surface area contributed by atoms with Gasteiger partial charge in [0.1, 0.15) is 5.60 Å². The number of allylic oxidation sites excluding steroid dienone is 3. The Bertz CT molecular complexity index is 459. The molecule has 2 amide bonds. The number of hydrogen-bond acceptors (Lipinski definition) is 3. The molecule has 18 heavy (non-hydrogen) atoms.